The fraction of sp³-hybridized carbons (Fsp3) is 0.476. The zero-order valence-corrected chi connectivity index (χ0v) is 20.4. The molecule has 0 bridgehead atoms. The largest absolute Gasteiger partial charge is 0.361 e. The van der Waals surface area contributed by atoms with Crippen LogP contribution in [0.3, 0.4) is 0 Å². The van der Waals surface area contributed by atoms with E-state index in [9.17, 15) is 33.0 Å². The van der Waals surface area contributed by atoms with Gasteiger partial charge in [0.2, 0.25) is 17.6 Å². The SMILES string of the molecule is CS(=O)(=O)c1cccc(C(=O)NC2CN3C(=N)NC(CN4C(=O)CCC4=O)C4NC(=N)NC43C2(O)O)c1. The van der Waals surface area contributed by atoms with Gasteiger partial charge in [0.05, 0.1) is 23.5 Å². The molecule has 0 saturated carbocycles. The third kappa shape index (κ3) is 3.70. The predicted octanol–water partition coefficient (Wildman–Crippen LogP) is -3.57. The van der Waals surface area contributed by atoms with Gasteiger partial charge in [-0.15, -0.1) is 0 Å². The Morgan fingerprint density at radius 1 is 1.19 bits per heavy atom. The van der Waals surface area contributed by atoms with E-state index in [-0.39, 0.29) is 60.1 Å². The minimum atomic E-state index is -3.59. The third-order valence-corrected chi connectivity index (χ3v) is 8.37. The Morgan fingerprint density at radius 2 is 1.86 bits per heavy atom. The first-order valence-electron chi connectivity index (χ1n) is 11.4. The van der Waals surface area contributed by atoms with Gasteiger partial charge in [0, 0.05) is 31.2 Å². The second kappa shape index (κ2) is 8.12. The van der Waals surface area contributed by atoms with Crippen LogP contribution >= 0.6 is 0 Å². The van der Waals surface area contributed by atoms with Crippen molar-refractivity contribution in [3.63, 3.8) is 0 Å². The number of aliphatic hydroxyl groups is 2. The Balaban J connectivity index is 1.45. The van der Waals surface area contributed by atoms with E-state index in [0.29, 0.717) is 0 Å². The molecule has 4 atom stereocenters. The highest BCUT2D eigenvalue weighted by Crippen LogP contribution is 2.43. The highest BCUT2D eigenvalue weighted by atomic mass is 32.2. The predicted molar refractivity (Wildman–Crippen MR) is 126 cm³/mol. The van der Waals surface area contributed by atoms with Crippen LogP contribution in [0, 0.1) is 10.8 Å². The lowest BCUT2D eigenvalue weighted by atomic mass is 9.84. The number of sulfone groups is 1. The first-order valence-corrected chi connectivity index (χ1v) is 13.3. The Morgan fingerprint density at radius 3 is 2.51 bits per heavy atom. The van der Waals surface area contributed by atoms with Crippen LogP contribution in [-0.2, 0) is 19.4 Å². The van der Waals surface area contributed by atoms with Crippen LogP contribution in [-0.4, -0.2) is 107 Å². The summed E-state index contributed by atoms with van der Waals surface area (Å²) in [5, 5.41) is 50.4. The Labute approximate surface area is 211 Å². The Bertz CT molecular complexity index is 1330. The molecule has 4 saturated heterocycles. The van der Waals surface area contributed by atoms with Gasteiger partial charge in [0.25, 0.3) is 5.91 Å². The maximum Gasteiger partial charge on any atom is 0.251 e. The molecule has 1 spiro atoms. The van der Waals surface area contributed by atoms with Crippen LogP contribution in [0.1, 0.15) is 23.2 Å². The molecule has 0 radical (unpaired) electrons. The quantitative estimate of drug-likeness (QED) is 0.136. The second-order valence-electron chi connectivity index (χ2n) is 9.55. The number of hydrogen-bond acceptors (Lipinski definition) is 9. The number of rotatable bonds is 5. The summed E-state index contributed by atoms with van der Waals surface area (Å²) in [6.45, 7) is -0.434. The molecule has 16 heteroatoms. The summed E-state index contributed by atoms with van der Waals surface area (Å²) in [5.74, 6) is -4.86. The maximum absolute atomic E-state index is 13.0. The zero-order valence-electron chi connectivity index (χ0n) is 19.6. The summed E-state index contributed by atoms with van der Waals surface area (Å²) < 4.78 is 23.8. The number of imide groups is 1. The number of carbonyl (C=O) groups excluding carboxylic acids is 3. The van der Waals surface area contributed by atoms with Crippen molar-refractivity contribution in [1.29, 1.82) is 10.8 Å². The van der Waals surface area contributed by atoms with E-state index in [0.717, 1.165) is 11.2 Å². The molecule has 1 aromatic carbocycles. The van der Waals surface area contributed by atoms with Crippen molar-refractivity contribution in [2.24, 2.45) is 0 Å². The van der Waals surface area contributed by atoms with Gasteiger partial charge in [-0.05, 0) is 18.2 Å². The molecule has 198 valence electrons. The van der Waals surface area contributed by atoms with Gasteiger partial charge in [-0.2, -0.15) is 0 Å². The summed E-state index contributed by atoms with van der Waals surface area (Å²) in [6.07, 6.45) is 1.12. The van der Waals surface area contributed by atoms with E-state index < -0.39 is 45.3 Å². The molecule has 4 unspecified atom stereocenters. The first-order chi connectivity index (χ1) is 17.3. The van der Waals surface area contributed by atoms with Gasteiger partial charge < -0.3 is 36.4 Å². The van der Waals surface area contributed by atoms with Crippen LogP contribution in [0.2, 0.25) is 0 Å². The van der Waals surface area contributed by atoms with Crippen LogP contribution in [0.4, 0.5) is 0 Å². The van der Waals surface area contributed by atoms with Gasteiger partial charge in [0.1, 0.15) is 6.04 Å². The molecule has 0 aromatic heterocycles. The van der Waals surface area contributed by atoms with Crippen molar-refractivity contribution in [1.82, 2.24) is 31.1 Å². The van der Waals surface area contributed by atoms with Gasteiger partial charge >= 0.3 is 0 Å². The van der Waals surface area contributed by atoms with Crippen molar-refractivity contribution >= 4 is 39.5 Å². The summed E-state index contributed by atoms with van der Waals surface area (Å²) >= 11 is 0. The van der Waals surface area contributed by atoms with Crippen molar-refractivity contribution in [2.75, 3.05) is 19.3 Å². The molecule has 37 heavy (non-hydrogen) atoms. The number of likely N-dealkylation sites (tertiary alicyclic amines) is 1. The summed E-state index contributed by atoms with van der Waals surface area (Å²) in [6, 6.07) is 1.98. The van der Waals surface area contributed by atoms with Crippen LogP contribution in [0.5, 0.6) is 0 Å². The molecule has 8 N–H and O–H groups in total. The third-order valence-electron chi connectivity index (χ3n) is 7.26. The number of guanidine groups is 2. The van der Waals surface area contributed by atoms with E-state index in [4.69, 9.17) is 10.8 Å². The monoisotopic (exact) mass is 534 g/mol. The summed E-state index contributed by atoms with van der Waals surface area (Å²) in [4.78, 5) is 39.6. The maximum atomic E-state index is 13.0. The van der Waals surface area contributed by atoms with Crippen molar-refractivity contribution < 1.29 is 33.0 Å². The van der Waals surface area contributed by atoms with E-state index in [1.807, 2.05) is 0 Å². The zero-order chi connectivity index (χ0) is 26.9. The number of carbonyl (C=O) groups is 3. The number of nitrogens with one attached hydrogen (secondary N) is 6. The molecule has 5 rings (SSSR count). The van der Waals surface area contributed by atoms with Gasteiger partial charge in [-0.3, -0.25) is 30.1 Å². The lowest BCUT2D eigenvalue weighted by Gasteiger charge is -2.51. The second-order valence-corrected chi connectivity index (χ2v) is 11.6. The Hall–Kier alpha value is -3.76. The number of benzene rings is 1. The molecule has 4 fully saturated rings. The molecular formula is C21H26N8O7S. The van der Waals surface area contributed by atoms with Gasteiger partial charge in [0.15, 0.2) is 27.4 Å². The normalized spacial score (nSPS) is 30.4. The smallest absolute Gasteiger partial charge is 0.251 e. The molecule has 4 aliphatic rings. The molecular weight excluding hydrogens is 508 g/mol. The van der Waals surface area contributed by atoms with Crippen molar-refractivity contribution in [3.8, 4) is 0 Å². The topological polar surface area (TPSA) is 228 Å². The van der Waals surface area contributed by atoms with Crippen LogP contribution in [0.25, 0.3) is 0 Å². The van der Waals surface area contributed by atoms with Crippen LogP contribution in [0.15, 0.2) is 29.2 Å². The molecule has 3 amide bonds. The van der Waals surface area contributed by atoms with Crippen LogP contribution < -0.4 is 21.3 Å². The number of nitrogens with zero attached hydrogens (tertiary/aromatic N) is 2. The van der Waals surface area contributed by atoms with Crippen molar-refractivity contribution in [2.45, 2.75) is 47.3 Å². The minimum absolute atomic E-state index is 0.0277. The van der Waals surface area contributed by atoms with Gasteiger partial charge in [-0.1, -0.05) is 6.07 Å². The highest BCUT2D eigenvalue weighted by molar-refractivity contribution is 7.90. The molecule has 0 aliphatic carbocycles. The lowest BCUT2D eigenvalue weighted by molar-refractivity contribution is -0.232. The van der Waals surface area contributed by atoms with E-state index in [1.54, 1.807) is 0 Å². The summed E-state index contributed by atoms with van der Waals surface area (Å²) in [7, 11) is -3.59. The molecule has 15 nitrogen and oxygen atoms in total. The van der Waals surface area contributed by atoms with Crippen molar-refractivity contribution in [3.05, 3.63) is 29.8 Å². The fourth-order valence-electron chi connectivity index (χ4n) is 5.47. The average Bonchev–Trinajstić information content (AvgIpc) is 3.41. The molecule has 1 aromatic rings. The lowest BCUT2D eigenvalue weighted by Crippen LogP contribution is -2.81. The van der Waals surface area contributed by atoms with E-state index in [1.165, 1.54) is 29.2 Å². The van der Waals surface area contributed by atoms with E-state index >= 15 is 0 Å². The van der Waals surface area contributed by atoms with E-state index in [2.05, 4.69) is 21.3 Å². The Kier molecular flexibility index (Phi) is 5.47. The minimum Gasteiger partial charge on any atom is -0.361 e. The standard InChI is InChI=1S/C21H26N8O7S/c1-37(35,36)11-4-2-3-10(7-11)17(32)25-13-9-29-19(23)24-12(8-28-14(30)5-6-15(28)31)16-20(29,21(13,33)34)27-18(22)26-16/h2-4,7,12-13,16,33-34H,5-6,8-9H2,1H3,(H2,23,24)(H,25,32)(H3,22,26,27). The highest BCUT2D eigenvalue weighted by Gasteiger charge is 2.74. The molecule has 4 heterocycles. The summed E-state index contributed by atoms with van der Waals surface area (Å²) in [5.41, 5.74) is -1.94. The van der Waals surface area contributed by atoms with Gasteiger partial charge in [-0.25, -0.2) is 8.42 Å². The molecule has 4 aliphatic heterocycles. The number of amides is 3. The fourth-order valence-corrected chi connectivity index (χ4v) is 6.13. The first kappa shape index (κ1) is 24.9. The average molecular weight is 535 g/mol. The number of hydrogen-bond donors (Lipinski definition) is 8.